The fourth-order valence-corrected chi connectivity index (χ4v) is 2.73. The molecular weight excluding hydrogens is 244 g/mol. The average Bonchev–Trinajstić information content (AvgIpc) is 2.80. The second-order valence-corrected chi connectivity index (χ2v) is 5.24. The van der Waals surface area contributed by atoms with Gasteiger partial charge in [-0.1, -0.05) is 0 Å². The summed E-state index contributed by atoms with van der Waals surface area (Å²) in [6.45, 7) is 4.80. The monoisotopic (exact) mass is 262 g/mol. The molecule has 2 aromatic rings. The molecule has 0 amide bonds. The van der Waals surface area contributed by atoms with Gasteiger partial charge in [-0.05, 0) is 67.7 Å². The minimum Gasteiger partial charge on any atom is -0.496 e. The number of aryl methyl sites for hydroxylation is 2. The smallest absolute Gasteiger partial charge is 0.122 e. The number of benzene rings is 1. The van der Waals surface area contributed by atoms with E-state index < -0.39 is 0 Å². The lowest BCUT2D eigenvalue weighted by Crippen LogP contribution is -2.00. The maximum absolute atomic E-state index is 5.56. The van der Waals surface area contributed by atoms with Crippen molar-refractivity contribution in [3.8, 4) is 17.0 Å². The van der Waals surface area contributed by atoms with Gasteiger partial charge in [-0.25, -0.2) is 0 Å². The van der Waals surface area contributed by atoms with Crippen LogP contribution in [0.1, 0.15) is 16.0 Å². The second-order valence-electron chi connectivity index (χ2n) is 4.35. The van der Waals surface area contributed by atoms with E-state index in [0.717, 1.165) is 23.4 Å². The van der Waals surface area contributed by atoms with Crippen LogP contribution in [0, 0.1) is 13.8 Å². The number of aromatic nitrogens is 1. The van der Waals surface area contributed by atoms with Gasteiger partial charge in [0.05, 0.1) is 12.8 Å². The molecule has 0 spiro atoms. The Bertz CT molecular complexity index is 549. The van der Waals surface area contributed by atoms with Gasteiger partial charge in [0.1, 0.15) is 5.75 Å². The van der Waals surface area contributed by atoms with Crippen molar-refractivity contribution < 1.29 is 4.74 Å². The molecule has 1 heterocycles. The number of ether oxygens (including phenoxy) is 1. The molecule has 0 aliphatic carbocycles. The van der Waals surface area contributed by atoms with Crippen LogP contribution in [0.15, 0.2) is 18.2 Å². The van der Waals surface area contributed by atoms with Crippen molar-refractivity contribution in [2.45, 2.75) is 20.3 Å². The van der Waals surface area contributed by atoms with E-state index in [4.69, 9.17) is 10.5 Å². The number of hydrogen-bond donors (Lipinski definition) is 1. The van der Waals surface area contributed by atoms with E-state index >= 15 is 0 Å². The number of nitrogens with two attached hydrogens (primary N) is 1. The highest BCUT2D eigenvalue weighted by Crippen LogP contribution is 2.30. The predicted octanol–water partition coefficient (Wildman–Crippen LogP) is 2.94. The summed E-state index contributed by atoms with van der Waals surface area (Å²) in [5.41, 5.74) is 10.1. The molecule has 1 aromatic carbocycles. The van der Waals surface area contributed by atoms with Gasteiger partial charge in [-0.15, -0.1) is 0 Å². The molecule has 0 fully saturated rings. The fourth-order valence-electron chi connectivity index (χ4n) is 1.99. The third kappa shape index (κ3) is 2.54. The Morgan fingerprint density at radius 2 is 2.00 bits per heavy atom. The summed E-state index contributed by atoms with van der Waals surface area (Å²) in [7, 11) is 1.70. The highest BCUT2D eigenvalue weighted by molar-refractivity contribution is 7.06. The quantitative estimate of drug-likeness (QED) is 0.921. The van der Waals surface area contributed by atoms with Crippen molar-refractivity contribution in [3.05, 3.63) is 34.2 Å². The largest absolute Gasteiger partial charge is 0.496 e. The van der Waals surface area contributed by atoms with Crippen molar-refractivity contribution in [3.63, 3.8) is 0 Å². The molecule has 0 unspecified atom stereocenters. The molecule has 2 rings (SSSR count). The first kappa shape index (κ1) is 13.1. The molecule has 0 bridgehead atoms. The van der Waals surface area contributed by atoms with E-state index in [0.29, 0.717) is 6.54 Å². The summed E-state index contributed by atoms with van der Waals surface area (Å²) < 4.78 is 9.83. The van der Waals surface area contributed by atoms with Crippen LogP contribution in [0.3, 0.4) is 0 Å². The van der Waals surface area contributed by atoms with Crippen molar-refractivity contribution in [2.24, 2.45) is 5.73 Å². The minimum atomic E-state index is 0.669. The van der Waals surface area contributed by atoms with Gasteiger partial charge in [0, 0.05) is 10.4 Å². The Morgan fingerprint density at radius 1 is 1.22 bits per heavy atom. The second kappa shape index (κ2) is 5.50. The molecular formula is C14H18N2OS. The molecule has 18 heavy (non-hydrogen) atoms. The fraction of sp³-hybridized carbons (Fsp3) is 0.357. The summed E-state index contributed by atoms with van der Waals surface area (Å²) in [4.78, 5) is 1.24. The lowest BCUT2D eigenvalue weighted by Gasteiger charge is -2.09. The van der Waals surface area contributed by atoms with E-state index in [1.165, 1.54) is 27.5 Å². The van der Waals surface area contributed by atoms with Gasteiger partial charge >= 0.3 is 0 Å². The Labute approximate surface area is 112 Å². The molecule has 0 saturated carbocycles. The van der Waals surface area contributed by atoms with E-state index in [1.54, 1.807) is 7.11 Å². The first-order valence-corrected chi connectivity index (χ1v) is 6.74. The minimum absolute atomic E-state index is 0.669. The van der Waals surface area contributed by atoms with Gasteiger partial charge in [0.2, 0.25) is 0 Å². The summed E-state index contributed by atoms with van der Waals surface area (Å²) in [6.07, 6.45) is 0.895. The SMILES string of the molecule is COc1cc(C)c(-c2cc(CCN)sn2)cc1C. The highest BCUT2D eigenvalue weighted by atomic mass is 32.1. The van der Waals surface area contributed by atoms with Gasteiger partial charge < -0.3 is 10.5 Å². The van der Waals surface area contributed by atoms with Crippen molar-refractivity contribution in [2.75, 3.05) is 13.7 Å². The number of rotatable bonds is 4. The molecule has 0 saturated heterocycles. The number of methoxy groups -OCH3 is 1. The summed E-state index contributed by atoms with van der Waals surface area (Å²) in [6, 6.07) is 6.33. The standard InChI is InChI=1S/C14H18N2OS/c1-9-7-14(17-3)10(2)6-12(9)13-8-11(4-5-15)18-16-13/h6-8H,4-5,15H2,1-3H3. The maximum Gasteiger partial charge on any atom is 0.122 e. The average molecular weight is 262 g/mol. The molecule has 0 radical (unpaired) electrons. The van der Waals surface area contributed by atoms with Crippen LogP contribution in [-0.2, 0) is 6.42 Å². The Balaban J connectivity index is 2.40. The molecule has 0 aliphatic rings. The summed E-state index contributed by atoms with van der Waals surface area (Å²) in [5.74, 6) is 0.925. The predicted molar refractivity (Wildman–Crippen MR) is 76.3 cm³/mol. The van der Waals surface area contributed by atoms with Gasteiger partial charge in [-0.2, -0.15) is 4.37 Å². The molecule has 96 valence electrons. The topological polar surface area (TPSA) is 48.1 Å². The Hall–Kier alpha value is -1.39. The van der Waals surface area contributed by atoms with E-state index in [2.05, 4.69) is 36.4 Å². The molecule has 1 aromatic heterocycles. The first-order chi connectivity index (χ1) is 8.65. The van der Waals surface area contributed by atoms with Gasteiger partial charge in [-0.3, -0.25) is 0 Å². The van der Waals surface area contributed by atoms with E-state index in [9.17, 15) is 0 Å². The van der Waals surface area contributed by atoms with Gasteiger partial charge in [0.25, 0.3) is 0 Å². The zero-order chi connectivity index (χ0) is 13.1. The molecule has 3 nitrogen and oxygen atoms in total. The lowest BCUT2D eigenvalue weighted by molar-refractivity contribution is 0.411. The summed E-state index contributed by atoms with van der Waals surface area (Å²) >= 11 is 1.53. The number of nitrogens with zero attached hydrogens (tertiary/aromatic N) is 1. The molecule has 0 atom stereocenters. The normalized spacial score (nSPS) is 10.7. The third-order valence-corrected chi connectivity index (χ3v) is 3.81. The van der Waals surface area contributed by atoms with Crippen LogP contribution >= 0.6 is 11.5 Å². The molecule has 4 heteroatoms. The van der Waals surface area contributed by atoms with Crippen LogP contribution in [-0.4, -0.2) is 18.0 Å². The molecule has 0 aliphatic heterocycles. The third-order valence-electron chi connectivity index (χ3n) is 2.97. The van der Waals surface area contributed by atoms with Crippen molar-refractivity contribution in [1.29, 1.82) is 0 Å². The number of hydrogen-bond acceptors (Lipinski definition) is 4. The first-order valence-electron chi connectivity index (χ1n) is 5.97. The maximum atomic E-state index is 5.56. The Morgan fingerprint density at radius 3 is 2.67 bits per heavy atom. The lowest BCUT2D eigenvalue weighted by atomic mass is 10.0. The van der Waals surface area contributed by atoms with Crippen molar-refractivity contribution in [1.82, 2.24) is 4.37 Å². The Kier molecular flexibility index (Phi) is 3.99. The van der Waals surface area contributed by atoms with Crippen LogP contribution in [0.5, 0.6) is 5.75 Å². The zero-order valence-corrected chi connectivity index (χ0v) is 11.8. The van der Waals surface area contributed by atoms with Crippen molar-refractivity contribution >= 4 is 11.5 Å². The van der Waals surface area contributed by atoms with E-state index in [-0.39, 0.29) is 0 Å². The summed E-state index contributed by atoms with van der Waals surface area (Å²) in [5, 5.41) is 0. The van der Waals surface area contributed by atoms with Crippen LogP contribution in [0.4, 0.5) is 0 Å². The zero-order valence-electron chi connectivity index (χ0n) is 11.0. The van der Waals surface area contributed by atoms with Gasteiger partial charge in [0.15, 0.2) is 0 Å². The highest BCUT2D eigenvalue weighted by Gasteiger charge is 2.10. The van der Waals surface area contributed by atoms with Crippen LogP contribution < -0.4 is 10.5 Å². The van der Waals surface area contributed by atoms with Crippen LogP contribution in [0.25, 0.3) is 11.3 Å². The van der Waals surface area contributed by atoms with Crippen LogP contribution in [0.2, 0.25) is 0 Å². The molecule has 2 N–H and O–H groups in total. The van der Waals surface area contributed by atoms with E-state index in [1.807, 2.05) is 0 Å².